The van der Waals surface area contributed by atoms with Crippen LogP contribution >= 0.6 is 0 Å². The molecule has 3 aromatic rings. The lowest BCUT2D eigenvalue weighted by Gasteiger charge is -2.43. The number of rotatable bonds is 7. The second kappa shape index (κ2) is 9.78. The maximum atomic E-state index is 12.2. The molecule has 3 aromatic carbocycles. The van der Waals surface area contributed by atoms with Crippen molar-refractivity contribution in [3.8, 4) is 0 Å². The highest BCUT2D eigenvalue weighted by molar-refractivity contribution is 7.86. The number of fused-ring (bicyclic) bond motifs is 1. The number of nitrogens with one attached hydrogen (secondary N) is 1. The quantitative estimate of drug-likeness (QED) is 0.335. The molecule has 0 radical (unpaired) electrons. The van der Waals surface area contributed by atoms with Gasteiger partial charge in [-0.05, 0) is 50.9 Å². The summed E-state index contributed by atoms with van der Waals surface area (Å²) in [6.45, 7) is 12.1. The Hall–Kier alpha value is -2.45. The third-order valence-corrected chi connectivity index (χ3v) is 13.0. The van der Waals surface area contributed by atoms with E-state index in [-0.39, 0.29) is 15.3 Å². The van der Waals surface area contributed by atoms with Crippen molar-refractivity contribution in [1.82, 2.24) is 0 Å². The van der Waals surface area contributed by atoms with Gasteiger partial charge in [-0.2, -0.15) is 8.42 Å². The molecule has 0 unspecified atom stereocenters. The van der Waals surface area contributed by atoms with Gasteiger partial charge < -0.3 is 9.74 Å². The highest BCUT2D eigenvalue weighted by Gasteiger charge is 2.50. The fourth-order valence-electron chi connectivity index (χ4n) is 5.41. The van der Waals surface area contributed by atoms with Crippen molar-refractivity contribution in [3.63, 3.8) is 0 Å². The van der Waals surface area contributed by atoms with E-state index in [9.17, 15) is 13.0 Å². The van der Waals surface area contributed by atoms with Gasteiger partial charge in [-0.25, -0.2) is 0 Å². The Bertz CT molecular complexity index is 1280. The molecule has 2 N–H and O–H groups in total. The summed E-state index contributed by atoms with van der Waals surface area (Å²) in [6, 6.07) is 24.6. The number of hydrogen-bond acceptors (Lipinski definition) is 4. The lowest BCUT2D eigenvalue weighted by molar-refractivity contribution is 0.301. The van der Waals surface area contributed by atoms with Gasteiger partial charge in [0.15, 0.2) is 0 Å². The summed E-state index contributed by atoms with van der Waals surface area (Å²) in [6.07, 6.45) is 1.28. The van der Waals surface area contributed by atoms with Crippen molar-refractivity contribution >= 4 is 34.5 Å². The molecule has 1 aliphatic rings. The van der Waals surface area contributed by atoms with Gasteiger partial charge in [0.2, 0.25) is 0 Å². The number of hydrogen-bond donors (Lipinski definition) is 2. The monoisotopic (exact) mass is 523 g/mol. The molecule has 0 bridgehead atoms. The van der Waals surface area contributed by atoms with Gasteiger partial charge in [0.05, 0.1) is 5.69 Å². The molecular formula is C29H37NO4SSi. The molecule has 7 heteroatoms. The highest BCUT2D eigenvalue weighted by atomic mass is 32.2. The van der Waals surface area contributed by atoms with Crippen LogP contribution in [0.3, 0.4) is 0 Å². The largest absolute Gasteiger partial charge is 0.407 e. The smallest absolute Gasteiger partial charge is 0.296 e. The molecule has 1 heterocycles. The Balaban J connectivity index is 1.71. The van der Waals surface area contributed by atoms with Crippen molar-refractivity contribution in [2.45, 2.75) is 57.4 Å². The highest BCUT2D eigenvalue weighted by Crippen LogP contribution is 2.39. The van der Waals surface area contributed by atoms with Gasteiger partial charge in [0.25, 0.3) is 18.4 Å². The Morgan fingerprint density at radius 1 is 0.972 bits per heavy atom. The first-order chi connectivity index (χ1) is 16.8. The fraction of sp³-hybridized carbons (Fsp3) is 0.379. The lowest BCUT2D eigenvalue weighted by Crippen LogP contribution is -2.66. The molecule has 0 saturated heterocycles. The zero-order valence-corrected chi connectivity index (χ0v) is 23.7. The van der Waals surface area contributed by atoms with Gasteiger partial charge in [-0.15, -0.1) is 0 Å². The second-order valence-corrected chi connectivity index (χ2v) is 17.3. The lowest BCUT2D eigenvalue weighted by atomic mass is 9.81. The molecule has 0 spiro atoms. The molecule has 0 aliphatic carbocycles. The molecule has 5 nitrogen and oxygen atoms in total. The van der Waals surface area contributed by atoms with Gasteiger partial charge >= 0.3 is 0 Å². The van der Waals surface area contributed by atoms with Crippen molar-refractivity contribution in [2.24, 2.45) is 5.41 Å². The van der Waals surface area contributed by atoms with E-state index in [0.29, 0.717) is 25.3 Å². The van der Waals surface area contributed by atoms with Crippen LogP contribution in [-0.4, -0.2) is 34.4 Å². The first kappa shape index (κ1) is 26.6. The van der Waals surface area contributed by atoms with Gasteiger partial charge in [0, 0.05) is 13.2 Å². The topological polar surface area (TPSA) is 75.6 Å². The Labute approximate surface area is 216 Å². The zero-order valence-electron chi connectivity index (χ0n) is 21.8. The summed E-state index contributed by atoms with van der Waals surface area (Å²) in [4.78, 5) is -0.0454. The van der Waals surface area contributed by atoms with E-state index in [0.717, 1.165) is 17.5 Å². The van der Waals surface area contributed by atoms with Crippen LogP contribution in [0, 0.1) is 5.41 Å². The molecule has 192 valence electrons. The minimum absolute atomic E-state index is 0.00642. The van der Waals surface area contributed by atoms with Gasteiger partial charge in [0.1, 0.15) is 4.90 Å². The molecular weight excluding hydrogens is 486 g/mol. The van der Waals surface area contributed by atoms with E-state index in [1.165, 1.54) is 10.4 Å². The molecule has 0 amide bonds. The van der Waals surface area contributed by atoms with Crippen LogP contribution in [0.15, 0.2) is 77.7 Å². The molecule has 0 aromatic heterocycles. The van der Waals surface area contributed by atoms with E-state index < -0.39 is 18.4 Å². The van der Waals surface area contributed by atoms with Crippen LogP contribution < -0.4 is 15.7 Å². The van der Waals surface area contributed by atoms with Gasteiger partial charge in [-0.1, -0.05) is 101 Å². The predicted molar refractivity (Wildman–Crippen MR) is 150 cm³/mol. The minimum Gasteiger partial charge on any atom is -0.407 e. The molecule has 36 heavy (non-hydrogen) atoms. The van der Waals surface area contributed by atoms with Crippen LogP contribution in [0.1, 0.15) is 45.7 Å². The number of anilines is 1. The van der Waals surface area contributed by atoms with E-state index in [2.05, 4.69) is 94.5 Å². The third kappa shape index (κ3) is 5.30. The standard InChI is InChI=1S/C29H37NO4SSi/c1-28(2,3)36(24-12-8-6-9-13-24,25-14-10-7-11-15-25)34-17-16-22-18-23-20-29(4,5)21-30-27(23)26(19-22)35(31,32)33/h6-15,18-19,30H,16-17,20-21H2,1-5H3,(H,31,32,33). The van der Waals surface area contributed by atoms with Crippen molar-refractivity contribution in [2.75, 3.05) is 18.5 Å². The van der Waals surface area contributed by atoms with E-state index >= 15 is 0 Å². The predicted octanol–water partition coefficient (Wildman–Crippen LogP) is 5.05. The summed E-state index contributed by atoms with van der Waals surface area (Å²) >= 11 is 0. The van der Waals surface area contributed by atoms with Crippen LogP contribution in [0.4, 0.5) is 5.69 Å². The van der Waals surface area contributed by atoms with E-state index in [1.54, 1.807) is 6.07 Å². The Kier molecular flexibility index (Phi) is 7.23. The summed E-state index contributed by atoms with van der Waals surface area (Å²) in [7, 11) is -7.05. The molecule has 4 rings (SSSR count). The van der Waals surface area contributed by atoms with Gasteiger partial charge in [-0.3, -0.25) is 4.55 Å². The van der Waals surface area contributed by atoms with Crippen molar-refractivity contribution in [3.05, 3.63) is 83.9 Å². The number of benzene rings is 3. The van der Waals surface area contributed by atoms with Crippen LogP contribution in [-0.2, 0) is 27.4 Å². The van der Waals surface area contributed by atoms with Crippen molar-refractivity contribution in [1.29, 1.82) is 0 Å². The average molecular weight is 524 g/mol. The fourth-order valence-corrected chi connectivity index (χ4v) is 10.7. The zero-order chi connectivity index (χ0) is 26.2. The Morgan fingerprint density at radius 3 is 2.03 bits per heavy atom. The molecule has 0 atom stereocenters. The van der Waals surface area contributed by atoms with Crippen LogP contribution in [0.2, 0.25) is 5.04 Å². The third-order valence-electron chi connectivity index (χ3n) is 7.06. The SMILES string of the molecule is CC1(C)CNc2c(cc(CCO[Si](c3ccccc3)(c3ccccc3)C(C)(C)C)cc2S(=O)(=O)O)C1. The average Bonchev–Trinajstić information content (AvgIpc) is 2.80. The minimum atomic E-state index is -4.36. The molecule has 1 aliphatic heterocycles. The maximum absolute atomic E-state index is 12.2. The van der Waals surface area contributed by atoms with E-state index in [1.807, 2.05) is 12.1 Å². The summed E-state index contributed by atoms with van der Waals surface area (Å²) in [5.41, 5.74) is 2.28. The summed E-state index contributed by atoms with van der Waals surface area (Å²) < 4.78 is 41.4. The second-order valence-electron chi connectivity index (χ2n) is 11.6. The van der Waals surface area contributed by atoms with Crippen LogP contribution in [0.25, 0.3) is 0 Å². The first-order valence-corrected chi connectivity index (χ1v) is 15.8. The molecule has 0 fully saturated rings. The molecule has 0 saturated carbocycles. The normalized spacial score (nSPS) is 15.7. The Morgan fingerprint density at radius 2 is 1.53 bits per heavy atom. The van der Waals surface area contributed by atoms with Crippen molar-refractivity contribution < 1.29 is 17.4 Å². The van der Waals surface area contributed by atoms with Crippen LogP contribution in [0.5, 0.6) is 0 Å². The van der Waals surface area contributed by atoms with E-state index in [4.69, 9.17) is 4.43 Å². The summed E-state index contributed by atoms with van der Waals surface area (Å²) in [5.74, 6) is 0. The summed E-state index contributed by atoms with van der Waals surface area (Å²) in [5, 5.41) is 5.51. The maximum Gasteiger partial charge on any atom is 0.296 e. The first-order valence-electron chi connectivity index (χ1n) is 12.5.